The average molecular weight is 387 g/mol. The number of carbonyl (C=O) groups excluding carboxylic acids is 2. The molecule has 0 spiro atoms. The van der Waals surface area contributed by atoms with E-state index in [0.717, 1.165) is 28.9 Å². The van der Waals surface area contributed by atoms with Gasteiger partial charge in [0.25, 0.3) is 0 Å². The number of nitrogens with one attached hydrogen (secondary N) is 2. The van der Waals surface area contributed by atoms with E-state index in [-0.39, 0.29) is 11.7 Å². The Morgan fingerprint density at radius 2 is 1.88 bits per heavy atom. The first-order valence-corrected chi connectivity index (χ1v) is 8.32. The second-order valence-corrected chi connectivity index (χ2v) is 6.59. The number of alkyl halides is 3. The quantitative estimate of drug-likeness (QED) is 0.769. The first-order chi connectivity index (χ1) is 12.2. The van der Waals surface area contributed by atoms with Crippen LogP contribution in [-0.2, 0) is 24.6 Å². The summed E-state index contributed by atoms with van der Waals surface area (Å²) in [7, 11) is 1.16. The topological polar surface area (TPSA) is 88.9 Å². The van der Waals surface area contributed by atoms with E-state index in [4.69, 9.17) is 0 Å². The Balaban J connectivity index is 1.87. The van der Waals surface area contributed by atoms with Crippen LogP contribution in [0.3, 0.4) is 0 Å². The number of hydrogen-bond acceptors (Lipinski definition) is 5. The van der Waals surface area contributed by atoms with Crippen molar-refractivity contribution in [1.29, 1.82) is 0 Å². The fourth-order valence-corrected chi connectivity index (χ4v) is 2.73. The van der Waals surface area contributed by atoms with Crippen LogP contribution < -0.4 is 10.6 Å². The Hall–Kier alpha value is -2.56. The maximum Gasteiger partial charge on any atom is 0.451 e. The van der Waals surface area contributed by atoms with Gasteiger partial charge in [-0.05, 0) is 12.5 Å². The van der Waals surface area contributed by atoms with Crippen molar-refractivity contribution >= 4 is 23.7 Å². The van der Waals surface area contributed by atoms with Crippen LogP contribution in [0.4, 0.5) is 18.0 Å². The van der Waals surface area contributed by atoms with Gasteiger partial charge in [0.05, 0.1) is 5.25 Å². The molecular weight excluding hydrogens is 371 g/mol. The van der Waals surface area contributed by atoms with E-state index in [1.807, 2.05) is 30.3 Å². The number of hydrogen-bond donors (Lipinski definition) is 2. The predicted molar refractivity (Wildman–Crippen MR) is 88.1 cm³/mol. The average Bonchev–Trinajstić information content (AvgIpc) is 2.94. The van der Waals surface area contributed by atoms with E-state index in [1.54, 1.807) is 0 Å². The van der Waals surface area contributed by atoms with E-state index < -0.39 is 29.2 Å². The third-order valence-corrected chi connectivity index (χ3v) is 4.41. The number of nitrogens with zero attached hydrogens (tertiary/aromatic N) is 3. The fourth-order valence-electron chi connectivity index (χ4n) is 1.91. The zero-order valence-corrected chi connectivity index (χ0v) is 14.7. The van der Waals surface area contributed by atoms with E-state index >= 15 is 0 Å². The first kappa shape index (κ1) is 19.8. The number of imide groups is 1. The number of amides is 3. The number of halogens is 3. The van der Waals surface area contributed by atoms with Crippen LogP contribution in [0.2, 0.25) is 0 Å². The van der Waals surface area contributed by atoms with E-state index in [1.165, 1.54) is 6.92 Å². The molecule has 3 amide bonds. The SMILES string of the molecule is C[C@@H](Sc1nnc(C(F)(F)F)n1C)C(=O)NC(=O)NCc1ccccc1. The summed E-state index contributed by atoms with van der Waals surface area (Å²) in [5.74, 6) is -1.81. The highest BCUT2D eigenvalue weighted by molar-refractivity contribution is 8.00. The van der Waals surface area contributed by atoms with Gasteiger partial charge >= 0.3 is 12.2 Å². The largest absolute Gasteiger partial charge is 0.451 e. The molecule has 0 saturated carbocycles. The minimum absolute atomic E-state index is 0.0790. The number of rotatable bonds is 5. The Kier molecular flexibility index (Phi) is 6.24. The molecule has 2 N–H and O–H groups in total. The Labute approximate surface area is 151 Å². The van der Waals surface area contributed by atoms with Crippen molar-refractivity contribution < 1.29 is 22.8 Å². The fraction of sp³-hybridized carbons (Fsp3) is 0.333. The molecule has 1 aromatic heterocycles. The van der Waals surface area contributed by atoms with Gasteiger partial charge < -0.3 is 9.88 Å². The van der Waals surface area contributed by atoms with Gasteiger partial charge in [0.1, 0.15) is 0 Å². The first-order valence-electron chi connectivity index (χ1n) is 7.44. The van der Waals surface area contributed by atoms with Crippen molar-refractivity contribution in [1.82, 2.24) is 25.4 Å². The van der Waals surface area contributed by atoms with Crippen LogP contribution in [0.15, 0.2) is 35.5 Å². The molecule has 0 saturated heterocycles. The van der Waals surface area contributed by atoms with Gasteiger partial charge in [-0.3, -0.25) is 10.1 Å². The van der Waals surface area contributed by atoms with Gasteiger partial charge in [0.2, 0.25) is 11.7 Å². The van der Waals surface area contributed by atoms with Crippen LogP contribution >= 0.6 is 11.8 Å². The molecule has 26 heavy (non-hydrogen) atoms. The summed E-state index contributed by atoms with van der Waals surface area (Å²) in [5.41, 5.74) is 0.858. The Morgan fingerprint density at radius 3 is 2.46 bits per heavy atom. The van der Waals surface area contributed by atoms with Gasteiger partial charge in [-0.25, -0.2) is 4.79 Å². The summed E-state index contributed by atoms with van der Waals surface area (Å²) in [6.07, 6.45) is -4.64. The summed E-state index contributed by atoms with van der Waals surface area (Å²) in [6.45, 7) is 1.69. The van der Waals surface area contributed by atoms with Gasteiger partial charge in [-0.2, -0.15) is 13.2 Å². The number of thioether (sulfide) groups is 1. The standard InChI is InChI=1S/C15H16F3N5O2S/c1-9(26-14-22-21-12(23(14)2)15(16,17)18)11(24)20-13(25)19-8-10-6-4-3-5-7-10/h3-7,9H,8H2,1-2H3,(H2,19,20,24,25)/t9-/m1/s1. The molecule has 2 rings (SSSR count). The maximum atomic E-state index is 12.7. The molecule has 1 atom stereocenters. The van der Waals surface area contributed by atoms with Gasteiger partial charge in [-0.1, -0.05) is 42.1 Å². The van der Waals surface area contributed by atoms with Gasteiger partial charge in [-0.15, -0.1) is 10.2 Å². The van der Waals surface area contributed by atoms with Crippen molar-refractivity contribution in [2.75, 3.05) is 0 Å². The molecule has 0 aliphatic heterocycles. The molecule has 11 heteroatoms. The molecule has 1 aromatic carbocycles. The van der Waals surface area contributed by atoms with E-state index in [2.05, 4.69) is 20.8 Å². The molecule has 0 bridgehead atoms. The number of carbonyl (C=O) groups is 2. The highest BCUT2D eigenvalue weighted by Gasteiger charge is 2.38. The van der Waals surface area contributed by atoms with Crippen molar-refractivity contribution in [3.63, 3.8) is 0 Å². The lowest BCUT2D eigenvalue weighted by Gasteiger charge is -2.12. The van der Waals surface area contributed by atoms with E-state index in [9.17, 15) is 22.8 Å². The smallest absolute Gasteiger partial charge is 0.334 e. The molecule has 0 aliphatic rings. The highest BCUT2D eigenvalue weighted by atomic mass is 32.2. The second kappa shape index (κ2) is 8.21. The number of benzene rings is 1. The lowest BCUT2D eigenvalue weighted by atomic mass is 10.2. The second-order valence-electron chi connectivity index (χ2n) is 5.28. The Bertz CT molecular complexity index is 779. The van der Waals surface area contributed by atoms with Gasteiger partial charge in [0.15, 0.2) is 5.16 Å². The lowest BCUT2D eigenvalue weighted by molar-refractivity contribution is -0.147. The van der Waals surface area contributed by atoms with Gasteiger partial charge in [0, 0.05) is 13.6 Å². The zero-order valence-electron chi connectivity index (χ0n) is 13.9. The van der Waals surface area contributed by atoms with Crippen molar-refractivity contribution in [2.24, 2.45) is 7.05 Å². The summed E-state index contributed by atoms with van der Waals surface area (Å²) in [4.78, 5) is 23.8. The van der Waals surface area contributed by atoms with Crippen LogP contribution in [-0.4, -0.2) is 32.0 Å². The molecule has 2 aromatic rings. The van der Waals surface area contributed by atoms with Crippen LogP contribution in [0, 0.1) is 0 Å². The molecule has 0 radical (unpaired) electrons. The summed E-state index contributed by atoms with van der Waals surface area (Å²) >= 11 is 0.769. The molecule has 140 valence electrons. The monoisotopic (exact) mass is 387 g/mol. The third-order valence-electron chi connectivity index (χ3n) is 3.27. The van der Waals surface area contributed by atoms with Crippen LogP contribution in [0.1, 0.15) is 18.3 Å². The minimum Gasteiger partial charge on any atom is -0.334 e. The lowest BCUT2D eigenvalue weighted by Crippen LogP contribution is -2.42. The summed E-state index contributed by atoms with van der Waals surface area (Å²) in [5, 5.41) is 10.2. The van der Waals surface area contributed by atoms with Crippen molar-refractivity contribution in [2.45, 2.75) is 30.1 Å². The van der Waals surface area contributed by atoms with Crippen molar-refractivity contribution in [3.8, 4) is 0 Å². The Morgan fingerprint density at radius 1 is 1.23 bits per heavy atom. The highest BCUT2D eigenvalue weighted by Crippen LogP contribution is 2.30. The normalized spacial score (nSPS) is 12.5. The molecule has 0 fully saturated rings. The summed E-state index contributed by atoms with van der Waals surface area (Å²) in [6, 6.07) is 8.40. The molecule has 0 aliphatic carbocycles. The molecule has 7 nitrogen and oxygen atoms in total. The van der Waals surface area contributed by atoms with Crippen molar-refractivity contribution in [3.05, 3.63) is 41.7 Å². The zero-order chi connectivity index (χ0) is 19.3. The van der Waals surface area contributed by atoms with Crippen LogP contribution in [0.25, 0.3) is 0 Å². The molecule has 0 unspecified atom stereocenters. The molecular formula is C15H16F3N5O2S. The van der Waals surface area contributed by atoms with E-state index in [0.29, 0.717) is 0 Å². The number of aromatic nitrogens is 3. The number of urea groups is 1. The van der Waals surface area contributed by atoms with Crippen LogP contribution in [0.5, 0.6) is 0 Å². The minimum atomic E-state index is -4.64. The summed E-state index contributed by atoms with van der Waals surface area (Å²) < 4.78 is 38.8. The molecule has 1 heterocycles. The predicted octanol–water partition coefficient (Wildman–Crippen LogP) is 2.34. The third kappa shape index (κ3) is 5.22. The maximum absolute atomic E-state index is 12.7.